The van der Waals surface area contributed by atoms with E-state index in [0.29, 0.717) is 11.3 Å². The van der Waals surface area contributed by atoms with Crippen LogP contribution in [0.1, 0.15) is 11.1 Å². The van der Waals surface area contributed by atoms with Crippen LogP contribution in [0.3, 0.4) is 0 Å². The Hall–Kier alpha value is -2.88. The second-order valence-electron chi connectivity index (χ2n) is 4.54. The van der Waals surface area contributed by atoms with Gasteiger partial charge in [-0.05, 0) is 11.6 Å². The summed E-state index contributed by atoms with van der Waals surface area (Å²) < 4.78 is 10.2. The van der Waals surface area contributed by atoms with E-state index in [-0.39, 0.29) is 12.2 Å². The molecule has 0 atom stereocenters. The molecule has 3 rings (SSSR count). The van der Waals surface area contributed by atoms with Gasteiger partial charge in [-0.15, -0.1) is 0 Å². The van der Waals surface area contributed by atoms with E-state index >= 15 is 0 Å². The molecular formula is C17H12O4. The van der Waals surface area contributed by atoms with Gasteiger partial charge in [0.05, 0.1) is 5.57 Å². The van der Waals surface area contributed by atoms with Crippen molar-refractivity contribution >= 4 is 17.5 Å². The molecule has 1 aliphatic heterocycles. The monoisotopic (exact) mass is 280 g/mol. The predicted molar refractivity (Wildman–Crippen MR) is 76.3 cm³/mol. The van der Waals surface area contributed by atoms with Crippen LogP contribution >= 0.6 is 0 Å². The summed E-state index contributed by atoms with van der Waals surface area (Å²) in [5.41, 5.74) is 1.72. The Balaban J connectivity index is 1.73. The molecule has 1 heterocycles. The van der Waals surface area contributed by atoms with E-state index in [1.807, 2.05) is 30.3 Å². The average molecular weight is 280 g/mol. The van der Waals surface area contributed by atoms with Crippen molar-refractivity contribution in [3.8, 4) is 5.75 Å². The number of benzene rings is 2. The van der Waals surface area contributed by atoms with Gasteiger partial charge >= 0.3 is 11.9 Å². The normalized spacial score (nSPS) is 14.7. The van der Waals surface area contributed by atoms with Crippen molar-refractivity contribution in [2.45, 2.75) is 6.61 Å². The Morgan fingerprint density at radius 3 is 2.57 bits per heavy atom. The molecule has 0 N–H and O–H groups in total. The van der Waals surface area contributed by atoms with Crippen LogP contribution in [0.25, 0.3) is 5.57 Å². The summed E-state index contributed by atoms with van der Waals surface area (Å²) >= 11 is 0. The molecule has 0 aliphatic carbocycles. The quantitative estimate of drug-likeness (QED) is 0.493. The molecule has 21 heavy (non-hydrogen) atoms. The minimum atomic E-state index is -0.567. The fraction of sp³-hybridized carbons (Fsp3) is 0.0588. The maximum absolute atomic E-state index is 11.8. The van der Waals surface area contributed by atoms with Crippen LogP contribution in [0, 0.1) is 0 Å². The van der Waals surface area contributed by atoms with E-state index in [2.05, 4.69) is 0 Å². The standard InChI is InChI=1S/C17H12O4/c18-16(20-11-12-6-2-1-3-7-12)10-14-13-8-4-5-9-15(13)21-17(14)19/h1-10H,11H2. The lowest BCUT2D eigenvalue weighted by molar-refractivity contribution is -0.139. The number of esters is 2. The largest absolute Gasteiger partial charge is 0.458 e. The third-order valence-corrected chi connectivity index (χ3v) is 3.09. The van der Waals surface area contributed by atoms with Gasteiger partial charge < -0.3 is 9.47 Å². The number of ether oxygens (including phenoxy) is 2. The summed E-state index contributed by atoms with van der Waals surface area (Å²) in [6, 6.07) is 16.3. The van der Waals surface area contributed by atoms with Crippen molar-refractivity contribution in [3.05, 3.63) is 71.8 Å². The van der Waals surface area contributed by atoms with Crippen molar-refractivity contribution < 1.29 is 19.1 Å². The molecule has 0 aromatic heterocycles. The molecule has 1 aliphatic rings. The average Bonchev–Trinajstić information content (AvgIpc) is 2.82. The van der Waals surface area contributed by atoms with Crippen molar-refractivity contribution in [1.82, 2.24) is 0 Å². The summed E-state index contributed by atoms with van der Waals surface area (Å²) in [5.74, 6) is -0.639. The van der Waals surface area contributed by atoms with Crippen LogP contribution in [0.2, 0.25) is 0 Å². The fourth-order valence-corrected chi connectivity index (χ4v) is 2.07. The van der Waals surface area contributed by atoms with Crippen LogP contribution in [0.4, 0.5) is 0 Å². The van der Waals surface area contributed by atoms with Crippen molar-refractivity contribution in [1.29, 1.82) is 0 Å². The van der Waals surface area contributed by atoms with Crippen LogP contribution in [-0.2, 0) is 20.9 Å². The SMILES string of the molecule is O=C(C=C1C(=O)Oc2ccccc21)OCc1ccccc1. The number of fused-ring (bicyclic) bond motifs is 1. The number of hydrogen-bond donors (Lipinski definition) is 0. The molecule has 0 bridgehead atoms. The maximum Gasteiger partial charge on any atom is 0.344 e. The van der Waals surface area contributed by atoms with Gasteiger partial charge in [0.25, 0.3) is 0 Å². The maximum atomic E-state index is 11.8. The van der Waals surface area contributed by atoms with Crippen LogP contribution < -0.4 is 4.74 Å². The smallest absolute Gasteiger partial charge is 0.344 e. The Labute approximate surface area is 121 Å². The zero-order chi connectivity index (χ0) is 14.7. The van der Waals surface area contributed by atoms with E-state index in [1.54, 1.807) is 24.3 Å². The third-order valence-electron chi connectivity index (χ3n) is 3.09. The Morgan fingerprint density at radius 2 is 1.76 bits per heavy atom. The van der Waals surface area contributed by atoms with Crippen LogP contribution in [0.5, 0.6) is 5.75 Å². The molecule has 0 saturated heterocycles. The molecule has 2 aromatic rings. The van der Waals surface area contributed by atoms with Crippen molar-refractivity contribution in [3.63, 3.8) is 0 Å². The molecule has 2 aromatic carbocycles. The summed E-state index contributed by atoms with van der Waals surface area (Å²) in [6.45, 7) is 0.167. The van der Waals surface area contributed by atoms with Gasteiger partial charge in [-0.1, -0.05) is 48.5 Å². The number of carbonyl (C=O) groups is 2. The number of para-hydroxylation sites is 1. The molecule has 4 heteroatoms. The second kappa shape index (κ2) is 5.63. The minimum Gasteiger partial charge on any atom is -0.458 e. The highest BCUT2D eigenvalue weighted by atomic mass is 16.5. The van der Waals surface area contributed by atoms with Crippen LogP contribution in [0.15, 0.2) is 60.7 Å². The first kappa shape index (κ1) is 13.1. The Bertz CT molecular complexity index is 717. The zero-order valence-corrected chi connectivity index (χ0v) is 11.1. The highest BCUT2D eigenvalue weighted by molar-refractivity contribution is 6.24. The molecule has 0 amide bonds. The molecular weight excluding hydrogens is 268 g/mol. The first-order valence-corrected chi connectivity index (χ1v) is 6.48. The first-order valence-electron chi connectivity index (χ1n) is 6.48. The topological polar surface area (TPSA) is 52.6 Å². The highest BCUT2D eigenvalue weighted by Gasteiger charge is 2.27. The molecule has 4 nitrogen and oxygen atoms in total. The van der Waals surface area contributed by atoms with Gasteiger partial charge in [-0.2, -0.15) is 0 Å². The molecule has 0 spiro atoms. The van der Waals surface area contributed by atoms with Gasteiger partial charge in [-0.3, -0.25) is 0 Å². The lowest BCUT2D eigenvalue weighted by Crippen LogP contribution is -2.06. The molecule has 0 unspecified atom stereocenters. The van der Waals surface area contributed by atoms with Gasteiger partial charge in [0.1, 0.15) is 12.4 Å². The van der Waals surface area contributed by atoms with Gasteiger partial charge in [0.2, 0.25) is 0 Å². The highest BCUT2D eigenvalue weighted by Crippen LogP contribution is 2.33. The van der Waals surface area contributed by atoms with Gasteiger partial charge in [-0.25, -0.2) is 9.59 Å². The number of rotatable bonds is 3. The lowest BCUT2D eigenvalue weighted by atomic mass is 10.1. The first-order chi connectivity index (χ1) is 10.2. The summed E-state index contributed by atoms with van der Waals surface area (Å²) in [7, 11) is 0. The number of hydrogen-bond acceptors (Lipinski definition) is 4. The number of carbonyl (C=O) groups excluding carboxylic acids is 2. The van der Waals surface area contributed by atoms with Crippen LogP contribution in [-0.4, -0.2) is 11.9 Å². The van der Waals surface area contributed by atoms with E-state index < -0.39 is 11.9 Å². The molecule has 0 fully saturated rings. The fourth-order valence-electron chi connectivity index (χ4n) is 2.07. The molecule has 0 radical (unpaired) electrons. The molecule has 0 saturated carbocycles. The summed E-state index contributed by atoms with van der Waals surface area (Å²) in [5, 5.41) is 0. The third kappa shape index (κ3) is 2.84. The minimum absolute atomic E-state index is 0.167. The Morgan fingerprint density at radius 1 is 1.05 bits per heavy atom. The van der Waals surface area contributed by atoms with E-state index in [1.165, 1.54) is 6.08 Å². The lowest BCUT2D eigenvalue weighted by Gasteiger charge is -2.02. The van der Waals surface area contributed by atoms with E-state index in [4.69, 9.17) is 9.47 Å². The zero-order valence-electron chi connectivity index (χ0n) is 11.1. The van der Waals surface area contributed by atoms with Crippen molar-refractivity contribution in [2.24, 2.45) is 0 Å². The van der Waals surface area contributed by atoms with E-state index in [9.17, 15) is 9.59 Å². The van der Waals surface area contributed by atoms with Crippen molar-refractivity contribution in [2.75, 3.05) is 0 Å². The predicted octanol–water partition coefficient (Wildman–Crippen LogP) is 2.73. The summed E-state index contributed by atoms with van der Waals surface area (Å²) in [6.07, 6.45) is 1.18. The van der Waals surface area contributed by atoms with Gasteiger partial charge in [0, 0.05) is 11.6 Å². The van der Waals surface area contributed by atoms with Gasteiger partial charge in [0.15, 0.2) is 0 Å². The second-order valence-corrected chi connectivity index (χ2v) is 4.54. The van der Waals surface area contributed by atoms with E-state index in [0.717, 1.165) is 5.56 Å². The Kier molecular flexibility index (Phi) is 3.51. The summed E-state index contributed by atoms with van der Waals surface area (Å²) in [4.78, 5) is 23.6. The molecule has 104 valence electrons.